The van der Waals surface area contributed by atoms with E-state index in [4.69, 9.17) is 0 Å². The largest absolute Gasteiger partial charge is 0.428 e. The molecule has 17 heavy (non-hydrogen) atoms. The summed E-state index contributed by atoms with van der Waals surface area (Å²) in [5.74, 6) is 0. The van der Waals surface area contributed by atoms with E-state index < -0.39 is 18.7 Å². The van der Waals surface area contributed by atoms with Gasteiger partial charge in [-0.1, -0.05) is 0 Å². The quantitative estimate of drug-likeness (QED) is 0.737. The summed E-state index contributed by atoms with van der Waals surface area (Å²) in [5.41, 5.74) is 0. The van der Waals surface area contributed by atoms with Gasteiger partial charge in [-0.25, -0.2) is 4.90 Å². The monoisotopic (exact) mass is 253 g/mol. The zero-order chi connectivity index (χ0) is 12.6. The molecule has 2 fully saturated rings. The van der Waals surface area contributed by atoms with E-state index >= 15 is 0 Å². The van der Waals surface area contributed by atoms with Crippen molar-refractivity contribution in [1.82, 2.24) is 14.7 Å². The predicted molar refractivity (Wildman–Crippen MR) is 56.0 cm³/mol. The summed E-state index contributed by atoms with van der Waals surface area (Å²) in [6, 6.07) is 0. The van der Waals surface area contributed by atoms with Gasteiger partial charge in [-0.05, 0) is 19.9 Å². The van der Waals surface area contributed by atoms with Crippen LogP contribution < -0.4 is 0 Å². The number of nitrogens with zero attached hydrogens (tertiary/aromatic N) is 3. The second-order valence-corrected chi connectivity index (χ2v) is 4.72. The van der Waals surface area contributed by atoms with Gasteiger partial charge in [0.25, 0.3) is 0 Å². The van der Waals surface area contributed by atoms with E-state index in [1.165, 1.54) is 0 Å². The van der Waals surface area contributed by atoms with Crippen molar-refractivity contribution in [2.24, 2.45) is 0 Å². The third kappa shape index (κ3) is 2.57. The number of alkyl halides is 3. The van der Waals surface area contributed by atoms with Crippen LogP contribution in [0.5, 0.6) is 0 Å². The molecule has 0 aliphatic carbocycles. The number of rotatable bonds is 1. The van der Waals surface area contributed by atoms with Crippen molar-refractivity contribution in [1.29, 1.82) is 0 Å². The predicted octanol–water partition coefficient (Wildman–Crippen LogP) is 0.494. The van der Waals surface area contributed by atoms with Gasteiger partial charge in [-0.2, -0.15) is 13.2 Å². The lowest BCUT2D eigenvalue weighted by atomic mass is 10.2. The van der Waals surface area contributed by atoms with Crippen molar-refractivity contribution in [3.05, 3.63) is 0 Å². The summed E-state index contributed by atoms with van der Waals surface area (Å²) in [5, 5.41) is 9.41. The summed E-state index contributed by atoms with van der Waals surface area (Å²) in [6.07, 6.45) is -5.74. The molecule has 0 spiro atoms. The highest BCUT2D eigenvalue weighted by Crippen LogP contribution is 2.29. The Morgan fingerprint density at radius 3 is 2.29 bits per heavy atom. The Kier molecular flexibility index (Phi) is 3.63. The molecule has 100 valence electrons. The van der Waals surface area contributed by atoms with Gasteiger partial charge in [0.05, 0.1) is 0 Å². The Labute approximate surface area is 98.6 Å². The van der Waals surface area contributed by atoms with Crippen LogP contribution >= 0.6 is 0 Å². The maximum atomic E-state index is 12.6. The lowest BCUT2D eigenvalue weighted by Gasteiger charge is -2.52. The number of fused-ring (bicyclic) bond motifs is 1. The van der Waals surface area contributed by atoms with Crippen LogP contribution in [0.1, 0.15) is 12.8 Å². The molecule has 0 radical (unpaired) electrons. The van der Waals surface area contributed by atoms with Gasteiger partial charge in [0.1, 0.15) is 6.29 Å². The van der Waals surface area contributed by atoms with Crippen molar-refractivity contribution in [2.75, 3.05) is 33.2 Å². The van der Waals surface area contributed by atoms with Crippen LogP contribution in [0.4, 0.5) is 13.2 Å². The molecular weight excluding hydrogens is 235 g/mol. The smallest absolute Gasteiger partial charge is 0.370 e. The molecular formula is C10H18F3N3O. The topological polar surface area (TPSA) is 30.0 Å². The van der Waals surface area contributed by atoms with Crippen LogP contribution in [0.25, 0.3) is 0 Å². The minimum absolute atomic E-state index is 0.284. The Balaban J connectivity index is 2.15. The molecule has 0 aromatic rings. The average molecular weight is 253 g/mol. The molecule has 7 heteroatoms. The van der Waals surface area contributed by atoms with Gasteiger partial charge in [-0.15, -0.1) is 0 Å². The van der Waals surface area contributed by atoms with Gasteiger partial charge < -0.3 is 5.11 Å². The Hall–Kier alpha value is -0.370. The standard InChI is InChI=1S/C10H18F3N3O/c1-14-4-2-5-15-6-3-7-16(9(14)15)8(17)10(11,12)13/h8-9,17H,2-7H2,1H3. The fourth-order valence-corrected chi connectivity index (χ4v) is 2.73. The maximum Gasteiger partial charge on any atom is 0.428 e. The van der Waals surface area contributed by atoms with E-state index in [9.17, 15) is 18.3 Å². The van der Waals surface area contributed by atoms with Crippen molar-refractivity contribution in [3.63, 3.8) is 0 Å². The van der Waals surface area contributed by atoms with Crippen molar-refractivity contribution < 1.29 is 18.3 Å². The van der Waals surface area contributed by atoms with Crippen LogP contribution in [-0.4, -0.2) is 71.7 Å². The zero-order valence-electron chi connectivity index (χ0n) is 9.82. The third-order valence-electron chi connectivity index (χ3n) is 3.44. The molecule has 0 saturated carbocycles. The van der Waals surface area contributed by atoms with Crippen LogP contribution in [0.2, 0.25) is 0 Å². The molecule has 2 unspecified atom stereocenters. The van der Waals surface area contributed by atoms with Crippen molar-refractivity contribution in [3.8, 4) is 0 Å². The molecule has 0 bridgehead atoms. The minimum atomic E-state index is -4.58. The van der Waals surface area contributed by atoms with Gasteiger partial charge in [0, 0.05) is 26.2 Å². The molecule has 2 aliphatic heterocycles. The highest BCUT2D eigenvalue weighted by Gasteiger charge is 2.48. The first kappa shape index (κ1) is 13.1. The number of aliphatic hydroxyl groups is 1. The summed E-state index contributed by atoms with van der Waals surface area (Å²) in [7, 11) is 1.80. The van der Waals surface area contributed by atoms with Gasteiger partial charge >= 0.3 is 6.18 Å². The van der Waals surface area contributed by atoms with E-state index in [0.717, 1.165) is 31.0 Å². The fraction of sp³-hybridized carbons (Fsp3) is 1.00. The van der Waals surface area contributed by atoms with E-state index in [0.29, 0.717) is 6.42 Å². The van der Waals surface area contributed by atoms with E-state index in [-0.39, 0.29) is 6.54 Å². The first-order valence-electron chi connectivity index (χ1n) is 5.86. The van der Waals surface area contributed by atoms with E-state index in [1.807, 2.05) is 9.80 Å². The van der Waals surface area contributed by atoms with Crippen LogP contribution in [0, 0.1) is 0 Å². The van der Waals surface area contributed by atoms with Crippen molar-refractivity contribution in [2.45, 2.75) is 31.5 Å². The first-order chi connectivity index (χ1) is 7.91. The second-order valence-electron chi connectivity index (χ2n) is 4.72. The second kappa shape index (κ2) is 4.72. The number of hydrogen-bond donors (Lipinski definition) is 1. The lowest BCUT2D eigenvalue weighted by Crippen LogP contribution is -2.67. The number of aliphatic hydroxyl groups excluding tert-OH is 1. The average Bonchev–Trinajstić information content (AvgIpc) is 2.26. The van der Waals surface area contributed by atoms with Crippen LogP contribution in [0.3, 0.4) is 0 Å². The third-order valence-corrected chi connectivity index (χ3v) is 3.44. The van der Waals surface area contributed by atoms with Gasteiger partial charge in [0.2, 0.25) is 6.23 Å². The normalized spacial score (nSPS) is 31.2. The SMILES string of the molecule is CN1CCCN2CCCN(C(O)C(F)(F)F)C12. The molecule has 2 rings (SSSR count). The van der Waals surface area contributed by atoms with Gasteiger partial charge in [-0.3, -0.25) is 9.80 Å². The van der Waals surface area contributed by atoms with Crippen molar-refractivity contribution >= 4 is 0 Å². The molecule has 2 heterocycles. The summed E-state index contributed by atoms with van der Waals surface area (Å²) < 4.78 is 37.8. The Bertz CT molecular complexity index is 272. The summed E-state index contributed by atoms with van der Waals surface area (Å²) in [4.78, 5) is 5.02. The highest BCUT2D eigenvalue weighted by molar-refractivity contribution is 4.85. The molecule has 0 amide bonds. The molecule has 4 nitrogen and oxygen atoms in total. The molecule has 0 aromatic carbocycles. The molecule has 2 atom stereocenters. The number of halogens is 3. The Morgan fingerprint density at radius 2 is 1.71 bits per heavy atom. The number of hydrogen-bond acceptors (Lipinski definition) is 4. The Morgan fingerprint density at radius 1 is 1.12 bits per heavy atom. The van der Waals surface area contributed by atoms with Gasteiger partial charge in [0.15, 0.2) is 0 Å². The molecule has 2 saturated heterocycles. The highest BCUT2D eigenvalue weighted by atomic mass is 19.4. The maximum absolute atomic E-state index is 12.6. The van der Waals surface area contributed by atoms with Crippen LogP contribution in [-0.2, 0) is 0 Å². The molecule has 0 aromatic heterocycles. The lowest BCUT2D eigenvalue weighted by molar-refractivity contribution is -0.286. The van der Waals surface area contributed by atoms with E-state index in [2.05, 4.69) is 0 Å². The summed E-state index contributed by atoms with van der Waals surface area (Å²) >= 11 is 0. The zero-order valence-corrected chi connectivity index (χ0v) is 9.82. The molecule has 2 aliphatic rings. The first-order valence-corrected chi connectivity index (χ1v) is 5.86. The van der Waals surface area contributed by atoms with E-state index in [1.54, 1.807) is 7.05 Å². The fourth-order valence-electron chi connectivity index (χ4n) is 2.73. The minimum Gasteiger partial charge on any atom is -0.370 e. The summed E-state index contributed by atoms with van der Waals surface area (Å²) in [6.45, 7) is 2.65. The van der Waals surface area contributed by atoms with Crippen LogP contribution in [0.15, 0.2) is 0 Å². The molecule has 1 N–H and O–H groups in total.